The maximum Gasteiger partial charge on any atom is 0.270 e. The molecule has 1 aliphatic rings. The normalized spacial score (nSPS) is 12.7. The number of halogens is 3. The Morgan fingerprint density at radius 1 is 1.21 bits per heavy atom. The SMILES string of the molecule is N#Cc1ccc(N2CCc3c(ncnc3Nc3ccc(C(=O)NCC(F)F)nc3)C2)cc1CF. The quantitative estimate of drug-likeness (QED) is 0.548. The van der Waals surface area contributed by atoms with Crippen molar-refractivity contribution in [3.05, 3.63) is 70.9 Å². The third-order valence-corrected chi connectivity index (χ3v) is 5.40. The second kappa shape index (κ2) is 10.2. The van der Waals surface area contributed by atoms with Gasteiger partial charge in [-0.05, 0) is 36.8 Å². The molecule has 34 heavy (non-hydrogen) atoms. The van der Waals surface area contributed by atoms with Crippen molar-refractivity contribution in [1.82, 2.24) is 20.3 Å². The number of aromatic nitrogens is 3. The van der Waals surface area contributed by atoms with Crippen molar-refractivity contribution in [1.29, 1.82) is 5.26 Å². The molecule has 3 aromatic rings. The van der Waals surface area contributed by atoms with Gasteiger partial charge in [0.25, 0.3) is 12.3 Å². The number of hydrogen-bond acceptors (Lipinski definition) is 7. The number of rotatable bonds is 7. The van der Waals surface area contributed by atoms with E-state index < -0.39 is 25.6 Å². The Labute approximate surface area is 193 Å². The number of amides is 1. The summed E-state index contributed by atoms with van der Waals surface area (Å²) in [6.07, 6.45) is 0.865. The van der Waals surface area contributed by atoms with Crippen LogP contribution in [0.25, 0.3) is 0 Å². The van der Waals surface area contributed by atoms with Crippen LogP contribution in [0.5, 0.6) is 0 Å². The number of pyridine rings is 1. The molecule has 0 fully saturated rings. The summed E-state index contributed by atoms with van der Waals surface area (Å²) in [5.41, 5.74) is 3.84. The van der Waals surface area contributed by atoms with E-state index >= 15 is 0 Å². The zero-order valence-corrected chi connectivity index (χ0v) is 17.9. The highest BCUT2D eigenvalue weighted by atomic mass is 19.3. The maximum atomic E-state index is 13.3. The van der Waals surface area contributed by atoms with E-state index in [1.54, 1.807) is 24.3 Å². The molecule has 1 aliphatic heterocycles. The summed E-state index contributed by atoms with van der Waals surface area (Å²) < 4.78 is 37.8. The van der Waals surface area contributed by atoms with Gasteiger partial charge in [-0.15, -0.1) is 0 Å². The summed E-state index contributed by atoms with van der Waals surface area (Å²) in [5, 5.41) is 14.4. The number of carbonyl (C=O) groups excluding carboxylic acids is 1. The van der Waals surface area contributed by atoms with Crippen LogP contribution in [0, 0.1) is 11.3 Å². The van der Waals surface area contributed by atoms with Crippen LogP contribution in [0.2, 0.25) is 0 Å². The second-order valence-electron chi connectivity index (χ2n) is 7.56. The lowest BCUT2D eigenvalue weighted by atomic mass is 10.0. The second-order valence-corrected chi connectivity index (χ2v) is 7.56. The Morgan fingerprint density at radius 2 is 2.06 bits per heavy atom. The van der Waals surface area contributed by atoms with Gasteiger partial charge in [0.1, 0.15) is 24.5 Å². The summed E-state index contributed by atoms with van der Waals surface area (Å²) in [6.45, 7) is -0.305. The number of hydrogen-bond donors (Lipinski definition) is 2. The van der Waals surface area contributed by atoms with Gasteiger partial charge in [0.15, 0.2) is 0 Å². The van der Waals surface area contributed by atoms with Gasteiger partial charge in [-0.25, -0.2) is 28.1 Å². The summed E-state index contributed by atoms with van der Waals surface area (Å²) in [6, 6.07) is 10.2. The molecular weight excluding hydrogens is 447 g/mol. The molecule has 0 unspecified atom stereocenters. The first-order chi connectivity index (χ1) is 16.5. The van der Waals surface area contributed by atoms with Gasteiger partial charge < -0.3 is 15.5 Å². The molecule has 3 heterocycles. The molecule has 1 aromatic carbocycles. The lowest BCUT2D eigenvalue weighted by molar-refractivity contribution is 0.0887. The molecule has 0 radical (unpaired) electrons. The minimum absolute atomic E-state index is 0.0293. The molecule has 0 atom stereocenters. The molecular formula is C23H20F3N7O. The first-order valence-corrected chi connectivity index (χ1v) is 10.4. The fourth-order valence-corrected chi connectivity index (χ4v) is 3.68. The molecule has 0 aliphatic carbocycles. The molecule has 2 N–H and O–H groups in total. The zero-order valence-electron chi connectivity index (χ0n) is 17.9. The summed E-state index contributed by atoms with van der Waals surface area (Å²) >= 11 is 0. The number of nitriles is 1. The van der Waals surface area contributed by atoms with Gasteiger partial charge >= 0.3 is 0 Å². The van der Waals surface area contributed by atoms with Crippen molar-refractivity contribution < 1.29 is 18.0 Å². The Kier molecular flexibility index (Phi) is 6.87. The van der Waals surface area contributed by atoms with Crippen LogP contribution in [-0.2, 0) is 19.6 Å². The number of nitrogens with zero attached hydrogens (tertiary/aromatic N) is 5. The summed E-state index contributed by atoms with van der Waals surface area (Å²) in [7, 11) is 0. The van der Waals surface area contributed by atoms with E-state index in [4.69, 9.17) is 5.26 Å². The standard InChI is InChI=1S/C23H20F3N7O/c24-8-15-7-17(3-1-14(15)9-27)33-6-5-18-20(12-33)30-13-31-22(18)32-16-2-4-19(28-10-16)23(34)29-11-21(25)26/h1-4,7,10,13,21H,5-6,8,11-12H2,(H,29,34)(H,30,31,32). The molecule has 11 heteroatoms. The van der Waals surface area contributed by atoms with E-state index in [9.17, 15) is 18.0 Å². The average Bonchev–Trinajstić information content (AvgIpc) is 2.87. The minimum atomic E-state index is -2.63. The number of fused-ring (bicyclic) bond motifs is 1. The molecule has 0 saturated heterocycles. The smallest absolute Gasteiger partial charge is 0.270 e. The van der Waals surface area contributed by atoms with Gasteiger partial charge in [-0.2, -0.15) is 5.26 Å². The van der Waals surface area contributed by atoms with E-state index in [2.05, 4.69) is 30.5 Å². The van der Waals surface area contributed by atoms with Crippen LogP contribution in [0.4, 0.5) is 30.4 Å². The highest BCUT2D eigenvalue weighted by Crippen LogP contribution is 2.29. The van der Waals surface area contributed by atoms with Crippen molar-refractivity contribution in [3.8, 4) is 6.07 Å². The number of nitrogens with one attached hydrogen (secondary N) is 2. The summed E-state index contributed by atoms with van der Waals surface area (Å²) in [4.78, 5) is 26.7. The largest absolute Gasteiger partial charge is 0.365 e. The van der Waals surface area contributed by atoms with Crippen LogP contribution in [0.15, 0.2) is 42.9 Å². The average molecular weight is 467 g/mol. The van der Waals surface area contributed by atoms with E-state index in [0.717, 1.165) is 16.9 Å². The van der Waals surface area contributed by atoms with E-state index in [1.165, 1.54) is 18.6 Å². The van der Waals surface area contributed by atoms with E-state index in [-0.39, 0.29) is 5.69 Å². The third-order valence-electron chi connectivity index (χ3n) is 5.40. The zero-order chi connectivity index (χ0) is 24.1. The Balaban J connectivity index is 1.47. The lowest BCUT2D eigenvalue weighted by Gasteiger charge is -2.31. The van der Waals surface area contributed by atoms with Gasteiger partial charge in [0, 0.05) is 23.4 Å². The van der Waals surface area contributed by atoms with Gasteiger partial charge in [-0.3, -0.25) is 4.79 Å². The Bertz CT molecular complexity index is 1230. The van der Waals surface area contributed by atoms with E-state index in [1.807, 2.05) is 6.07 Å². The molecule has 0 saturated carbocycles. The maximum absolute atomic E-state index is 13.3. The lowest BCUT2D eigenvalue weighted by Crippen LogP contribution is -2.32. The van der Waals surface area contributed by atoms with Gasteiger partial charge in [0.2, 0.25) is 0 Å². The third kappa shape index (κ3) is 5.06. The minimum Gasteiger partial charge on any atom is -0.365 e. The Hall–Kier alpha value is -4.20. The number of anilines is 3. The van der Waals surface area contributed by atoms with Crippen LogP contribution < -0.4 is 15.5 Å². The molecule has 2 aromatic heterocycles. The first kappa shape index (κ1) is 23.0. The van der Waals surface area contributed by atoms with Crippen LogP contribution >= 0.6 is 0 Å². The highest BCUT2D eigenvalue weighted by Gasteiger charge is 2.22. The fraction of sp³-hybridized carbons (Fsp3) is 0.261. The first-order valence-electron chi connectivity index (χ1n) is 10.4. The predicted molar refractivity (Wildman–Crippen MR) is 119 cm³/mol. The summed E-state index contributed by atoms with van der Waals surface area (Å²) in [5.74, 6) is -0.0734. The molecule has 0 spiro atoms. The van der Waals surface area contributed by atoms with Gasteiger partial charge in [0.05, 0.1) is 42.3 Å². The van der Waals surface area contributed by atoms with Crippen LogP contribution in [0.1, 0.15) is 32.9 Å². The molecule has 174 valence electrons. The highest BCUT2D eigenvalue weighted by molar-refractivity contribution is 5.92. The van der Waals surface area contributed by atoms with E-state index in [0.29, 0.717) is 42.1 Å². The van der Waals surface area contributed by atoms with Crippen molar-refractivity contribution in [2.75, 3.05) is 23.3 Å². The van der Waals surface area contributed by atoms with Crippen molar-refractivity contribution >= 4 is 23.1 Å². The molecule has 8 nitrogen and oxygen atoms in total. The fourth-order valence-electron chi connectivity index (χ4n) is 3.68. The molecule has 0 bridgehead atoms. The van der Waals surface area contributed by atoms with Crippen LogP contribution in [-0.4, -0.2) is 40.4 Å². The number of alkyl halides is 3. The topological polar surface area (TPSA) is 107 Å². The molecule has 4 rings (SSSR count). The van der Waals surface area contributed by atoms with Gasteiger partial charge in [-0.1, -0.05) is 0 Å². The van der Waals surface area contributed by atoms with Crippen LogP contribution in [0.3, 0.4) is 0 Å². The van der Waals surface area contributed by atoms with Crippen molar-refractivity contribution in [2.45, 2.75) is 26.1 Å². The number of carbonyl (C=O) groups is 1. The monoisotopic (exact) mass is 467 g/mol. The molecule has 1 amide bonds. The van der Waals surface area contributed by atoms with Crippen molar-refractivity contribution in [2.24, 2.45) is 0 Å². The predicted octanol–water partition coefficient (Wildman–Crippen LogP) is 3.51. The number of benzene rings is 1. The van der Waals surface area contributed by atoms with Crippen molar-refractivity contribution in [3.63, 3.8) is 0 Å². The Morgan fingerprint density at radius 3 is 2.76 bits per heavy atom.